The van der Waals surface area contributed by atoms with E-state index >= 15 is 0 Å². The van der Waals surface area contributed by atoms with Crippen molar-refractivity contribution in [3.05, 3.63) is 24.3 Å². The zero-order chi connectivity index (χ0) is 14.4. The van der Waals surface area contributed by atoms with Crippen LogP contribution in [0.2, 0.25) is 0 Å². The van der Waals surface area contributed by atoms with E-state index in [0.717, 1.165) is 12.8 Å². The highest BCUT2D eigenvalue weighted by atomic mass is 14.2. The molecule has 100 valence electrons. The maximum atomic E-state index is 5.40. The molecule has 0 saturated heterocycles. The molecule has 0 heteroatoms. The summed E-state index contributed by atoms with van der Waals surface area (Å²) in [6.07, 6.45) is 7.53. The third kappa shape index (κ3) is 13.0. The van der Waals surface area contributed by atoms with E-state index in [0.29, 0.717) is 5.92 Å². The lowest BCUT2D eigenvalue weighted by Gasteiger charge is -2.20. The molecule has 0 radical (unpaired) electrons. The summed E-state index contributed by atoms with van der Waals surface area (Å²) in [7, 11) is 0. The standard InChI is InChI=1S/C13H20.2C2H6/c1-7-12(6)13(11(4)5)9-8-10(2)3;2*1-2/h1,12-13H,2,4,8-9H2,3,5-6H3;2*1-2H3. The predicted octanol–water partition coefficient (Wildman–Crippen LogP) is 5.86. The number of allylic oxidation sites excluding steroid dienone is 2. The largest absolute Gasteiger partial charge is 0.120 e. The normalized spacial score (nSPS) is 11.6. The maximum Gasteiger partial charge on any atom is 0.0237 e. The number of hydrogen-bond donors (Lipinski definition) is 0. The van der Waals surface area contributed by atoms with Crippen LogP contribution in [0.1, 0.15) is 61.3 Å². The summed E-state index contributed by atoms with van der Waals surface area (Å²) >= 11 is 0. The van der Waals surface area contributed by atoms with Gasteiger partial charge in [-0.15, -0.1) is 18.9 Å². The molecule has 0 aromatic heterocycles. The second kappa shape index (κ2) is 15.0. The van der Waals surface area contributed by atoms with Crippen LogP contribution in [0.15, 0.2) is 24.3 Å². The minimum Gasteiger partial charge on any atom is -0.120 e. The van der Waals surface area contributed by atoms with Gasteiger partial charge in [0.25, 0.3) is 0 Å². The highest BCUT2D eigenvalue weighted by Crippen LogP contribution is 2.25. The molecular formula is C17H32. The van der Waals surface area contributed by atoms with E-state index in [1.165, 1.54) is 11.1 Å². The zero-order valence-electron chi connectivity index (χ0n) is 13.1. The summed E-state index contributed by atoms with van der Waals surface area (Å²) < 4.78 is 0. The molecule has 0 spiro atoms. The third-order valence-electron chi connectivity index (χ3n) is 2.38. The molecule has 0 saturated carbocycles. The average Bonchev–Trinajstić information content (AvgIpc) is 2.33. The molecule has 17 heavy (non-hydrogen) atoms. The van der Waals surface area contributed by atoms with Gasteiger partial charge in [0, 0.05) is 5.92 Å². The van der Waals surface area contributed by atoms with Gasteiger partial charge in [0.05, 0.1) is 0 Å². The van der Waals surface area contributed by atoms with Gasteiger partial charge in [0.1, 0.15) is 0 Å². The Kier molecular flexibility index (Phi) is 18.9. The fraction of sp³-hybridized carbons (Fsp3) is 0.647. The zero-order valence-corrected chi connectivity index (χ0v) is 13.1. The van der Waals surface area contributed by atoms with E-state index in [2.05, 4.69) is 39.8 Å². The molecule has 0 rings (SSSR count). The summed E-state index contributed by atoms with van der Waals surface area (Å²) in [5.74, 6) is 3.51. The minimum absolute atomic E-state index is 0.289. The van der Waals surface area contributed by atoms with Crippen molar-refractivity contribution in [2.45, 2.75) is 61.3 Å². The van der Waals surface area contributed by atoms with Crippen LogP contribution in [0.25, 0.3) is 0 Å². The lowest BCUT2D eigenvalue weighted by Crippen LogP contribution is -2.11. The Bertz CT molecular complexity index is 227. The van der Waals surface area contributed by atoms with Gasteiger partial charge in [-0.2, -0.15) is 0 Å². The molecule has 0 aliphatic rings. The van der Waals surface area contributed by atoms with Crippen molar-refractivity contribution in [1.29, 1.82) is 0 Å². The van der Waals surface area contributed by atoms with Crippen molar-refractivity contribution >= 4 is 0 Å². The molecule has 0 heterocycles. The Hall–Kier alpha value is -0.960. The fourth-order valence-electron chi connectivity index (χ4n) is 1.44. The van der Waals surface area contributed by atoms with E-state index in [9.17, 15) is 0 Å². The third-order valence-corrected chi connectivity index (χ3v) is 2.38. The van der Waals surface area contributed by atoms with Gasteiger partial charge in [-0.05, 0) is 32.6 Å². The molecule has 0 nitrogen and oxygen atoms in total. The Labute approximate surface area is 110 Å². The Morgan fingerprint density at radius 3 is 1.76 bits per heavy atom. The molecule has 0 amide bonds. The number of hydrogen-bond acceptors (Lipinski definition) is 0. The van der Waals surface area contributed by atoms with E-state index in [4.69, 9.17) is 6.42 Å². The van der Waals surface area contributed by atoms with Crippen LogP contribution in [0.3, 0.4) is 0 Å². The van der Waals surface area contributed by atoms with E-state index in [1.807, 2.05) is 27.7 Å². The van der Waals surface area contributed by atoms with Gasteiger partial charge in [-0.25, -0.2) is 0 Å². The van der Waals surface area contributed by atoms with Crippen LogP contribution < -0.4 is 0 Å². The van der Waals surface area contributed by atoms with Crippen molar-refractivity contribution < 1.29 is 0 Å². The number of rotatable bonds is 5. The highest BCUT2D eigenvalue weighted by Gasteiger charge is 2.15. The van der Waals surface area contributed by atoms with Gasteiger partial charge in [-0.1, -0.05) is 52.3 Å². The topological polar surface area (TPSA) is 0 Å². The van der Waals surface area contributed by atoms with Crippen LogP contribution in [-0.2, 0) is 0 Å². The average molecular weight is 236 g/mol. The number of terminal acetylenes is 1. The molecule has 2 atom stereocenters. The molecule has 0 N–H and O–H groups in total. The van der Waals surface area contributed by atoms with Gasteiger partial charge in [0.2, 0.25) is 0 Å². The summed E-state index contributed by atoms with van der Waals surface area (Å²) in [6.45, 7) is 22.1. The van der Waals surface area contributed by atoms with Gasteiger partial charge < -0.3 is 0 Å². The second-order valence-corrected chi connectivity index (χ2v) is 3.90. The van der Waals surface area contributed by atoms with Crippen LogP contribution >= 0.6 is 0 Å². The van der Waals surface area contributed by atoms with E-state index < -0.39 is 0 Å². The molecule has 2 unspecified atom stereocenters. The molecule has 0 aromatic carbocycles. The first-order chi connectivity index (χ1) is 7.99. The molecule has 0 aliphatic heterocycles. The summed E-state index contributed by atoms with van der Waals surface area (Å²) in [5, 5.41) is 0. The molecule has 0 bridgehead atoms. The molecule has 0 aromatic rings. The molecule has 0 fully saturated rings. The highest BCUT2D eigenvalue weighted by molar-refractivity contribution is 5.07. The summed E-state index contributed by atoms with van der Waals surface area (Å²) in [5.41, 5.74) is 2.40. The monoisotopic (exact) mass is 236 g/mol. The van der Waals surface area contributed by atoms with Crippen molar-refractivity contribution in [3.63, 3.8) is 0 Å². The summed E-state index contributed by atoms with van der Waals surface area (Å²) in [6, 6.07) is 0. The molecular weight excluding hydrogens is 204 g/mol. The smallest absolute Gasteiger partial charge is 0.0237 e. The Morgan fingerprint density at radius 1 is 1.12 bits per heavy atom. The lowest BCUT2D eigenvalue weighted by molar-refractivity contribution is 0.465. The van der Waals surface area contributed by atoms with Gasteiger partial charge in [0.15, 0.2) is 0 Å². The van der Waals surface area contributed by atoms with Crippen LogP contribution in [0, 0.1) is 24.2 Å². The SMILES string of the molecule is C#CC(C)C(CCC(=C)C)C(=C)C.CC.CC. The quantitative estimate of drug-likeness (QED) is 0.414. The lowest BCUT2D eigenvalue weighted by atomic mass is 9.84. The second-order valence-electron chi connectivity index (χ2n) is 3.90. The summed E-state index contributed by atoms with van der Waals surface area (Å²) in [4.78, 5) is 0. The maximum absolute atomic E-state index is 5.40. The predicted molar refractivity (Wildman–Crippen MR) is 83.0 cm³/mol. The van der Waals surface area contributed by atoms with Gasteiger partial charge >= 0.3 is 0 Å². The van der Waals surface area contributed by atoms with Crippen molar-refractivity contribution in [3.8, 4) is 12.3 Å². The van der Waals surface area contributed by atoms with Gasteiger partial charge in [-0.3, -0.25) is 0 Å². The Balaban J connectivity index is -0.000000439. The van der Waals surface area contributed by atoms with Crippen LogP contribution in [0.5, 0.6) is 0 Å². The van der Waals surface area contributed by atoms with Crippen molar-refractivity contribution in [2.75, 3.05) is 0 Å². The van der Waals surface area contributed by atoms with Crippen molar-refractivity contribution in [1.82, 2.24) is 0 Å². The van der Waals surface area contributed by atoms with Crippen molar-refractivity contribution in [2.24, 2.45) is 11.8 Å². The van der Waals surface area contributed by atoms with E-state index in [1.54, 1.807) is 0 Å². The molecule has 0 aliphatic carbocycles. The first-order valence-electron chi connectivity index (χ1n) is 6.75. The van der Waals surface area contributed by atoms with Crippen LogP contribution in [-0.4, -0.2) is 0 Å². The fourth-order valence-corrected chi connectivity index (χ4v) is 1.44. The first kappa shape index (κ1) is 21.3. The Morgan fingerprint density at radius 2 is 1.53 bits per heavy atom. The minimum atomic E-state index is 0.289. The van der Waals surface area contributed by atoms with E-state index in [-0.39, 0.29) is 5.92 Å². The first-order valence-corrected chi connectivity index (χ1v) is 6.75. The van der Waals surface area contributed by atoms with Crippen LogP contribution in [0.4, 0.5) is 0 Å².